The van der Waals surface area contributed by atoms with Crippen molar-refractivity contribution in [3.8, 4) is 11.5 Å². The Kier molecular flexibility index (Phi) is 7.85. The van der Waals surface area contributed by atoms with Crippen LogP contribution in [0.1, 0.15) is 39.0 Å². The van der Waals surface area contributed by atoms with Crippen molar-refractivity contribution < 1.29 is 14.3 Å². The monoisotopic (exact) mass is 514 g/mol. The van der Waals surface area contributed by atoms with Crippen molar-refractivity contribution in [3.05, 3.63) is 18.2 Å². The standard InChI is InChI=1S/C21H30N4O3.HI/c1-15(26)25-9-7-17(8-10-25)23-21(22-14-16-3-4-16)24-18-5-6-19-20(13-18)28-12-2-11-27-19;/h5-6,13,16-17H,2-4,7-12,14H2,1H3,(H2,22,23,24);1H. The molecule has 4 rings (SSSR count). The van der Waals surface area contributed by atoms with Crippen LogP contribution in [0.2, 0.25) is 0 Å². The molecule has 7 nitrogen and oxygen atoms in total. The lowest BCUT2D eigenvalue weighted by Gasteiger charge is -2.32. The van der Waals surface area contributed by atoms with Crippen LogP contribution in [0.25, 0.3) is 0 Å². The number of piperidine rings is 1. The first-order valence-electron chi connectivity index (χ1n) is 10.4. The van der Waals surface area contributed by atoms with E-state index in [4.69, 9.17) is 14.5 Å². The van der Waals surface area contributed by atoms with Crippen molar-refractivity contribution in [2.45, 2.75) is 45.1 Å². The van der Waals surface area contributed by atoms with Crippen LogP contribution in [0.3, 0.4) is 0 Å². The summed E-state index contributed by atoms with van der Waals surface area (Å²) in [6.45, 7) is 5.45. The van der Waals surface area contributed by atoms with Gasteiger partial charge in [-0.15, -0.1) is 24.0 Å². The molecule has 2 aliphatic heterocycles. The number of nitrogens with zero attached hydrogens (tertiary/aromatic N) is 2. The van der Waals surface area contributed by atoms with Crippen LogP contribution in [-0.4, -0.2) is 55.7 Å². The first-order chi connectivity index (χ1) is 13.7. The topological polar surface area (TPSA) is 75.2 Å². The Balaban J connectivity index is 0.00000240. The predicted molar refractivity (Wildman–Crippen MR) is 125 cm³/mol. The molecule has 8 heteroatoms. The molecule has 29 heavy (non-hydrogen) atoms. The Morgan fingerprint density at radius 2 is 1.86 bits per heavy atom. The molecule has 1 saturated carbocycles. The molecule has 1 aromatic carbocycles. The van der Waals surface area contributed by atoms with Crippen molar-refractivity contribution >= 4 is 41.5 Å². The van der Waals surface area contributed by atoms with Crippen LogP contribution in [0, 0.1) is 5.92 Å². The number of benzene rings is 1. The number of guanidine groups is 1. The molecule has 2 fully saturated rings. The van der Waals surface area contributed by atoms with E-state index in [1.54, 1.807) is 6.92 Å². The minimum absolute atomic E-state index is 0. The van der Waals surface area contributed by atoms with Gasteiger partial charge in [-0.1, -0.05) is 0 Å². The van der Waals surface area contributed by atoms with E-state index in [-0.39, 0.29) is 29.9 Å². The summed E-state index contributed by atoms with van der Waals surface area (Å²) in [4.78, 5) is 18.3. The van der Waals surface area contributed by atoms with E-state index in [0.717, 1.165) is 68.0 Å². The van der Waals surface area contributed by atoms with E-state index >= 15 is 0 Å². The average molecular weight is 514 g/mol. The maximum Gasteiger partial charge on any atom is 0.219 e. The second kappa shape index (κ2) is 10.4. The van der Waals surface area contributed by atoms with E-state index < -0.39 is 0 Å². The van der Waals surface area contributed by atoms with Crippen LogP contribution in [0.5, 0.6) is 11.5 Å². The van der Waals surface area contributed by atoms with Crippen LogP contribution in [0.15, 0.2) is 23.2 Å². The molecule has 160 valence electrons. The highest BCUT2D eigenvalue weighted by Crippen LogP contribution is 2.32. The third-order valence-corrected chi connectivity index (χ3v) is 5.50. The van der Waals surface area contributed by atoms with Gasteiger partial charge >= 0.3 is 0 Å². The molecule has 0 spiro atoms. The lowest BCUT2D eigenvalue weighted by atomic mass is 10.1. The summed E-state index contributed by atoms with van der Waals surface area (Å²) in [7, 11) is 0. The Bertz CT molecular complexity index is 731. The van der Waals surface area contributed by atoms with Crippen LogP contribution in [-0.2, 0) is 4.79 Å². The zero-order valence-electron chi connectivity index (χ0n) is 17.0. The largest absolute Gasteiger partial charge is 0.490 e. The molecule has 0 unspecified atom stereocenters. The molecule has 3 aliphatic rings. The molecule has 0 radical (unpaired) electrons. The maximum absolute atomic E-state index is 11.5. The van der Waals surface area contributed by atoms with Crippen molar-refractivity contribution in [1.82, 2.24) is 10.2 Å². The predicted octanol–water partition coefficient (Wildman–Crippen LogP) is 3.24. The van der Waals surface area contributed by atoms with Gasteiger partial charge in [0, 0.05) is 50.8 Å². The van der Waals surface area contributed by atoms with Gasteiger partial charge in [-0.3, -0.25) is 9.79 Å². The van der Waals surface area contributed by atoms with E-state index in [0.29, 0.717) is 19.3 Å². The van der Waals surface area contributed by atoms with Crippen molar-refractivity contribution in [2.24, 2.45) is 10.9 Å². The Morgan fingerprint density at radius 1 is 1.14 bits per heavy atom. The van der Waals surface area contributed by atoms with E-state index in [1.807, 2.05) is 23.1 Å². The number of carbonyl (C=O) groups is 1. The van der Waals surface area contributed by atoms with Gasteiger partial charge in [-0.05, 0) is 43.7 Å². The minimum atomic E-state index is 0. The second-order valence-electron chi connectivity index (χ2n) is 7.89. The number of hydrogen-bond acceptors (Lipinski definition) is 4. The zero-order valence-corrected chi connectivity index (χ0v) is 19.3. The number of amides is 1. The summed E-state index contributed by atoms with van der Waals surface area (Å²) in [5.41, 5.74) is 0.937. The fourth-order valence-corrected chi connectivity index (χ4v) is 3.55. The molecule has 0 atom stereocenters. The van der Waals surface area contributed by atoms with Gasteiger partial charge in [0.15, 0.2) is 17.5 Å². The highest BCUT2D eigenvalue weighted by molar-refractivity contribution is 14.0. The molecule has 1 aliphatic carbocycles. The fraction of sp³-hybridized carbons (Fsp3) is 0.619. The third kappa shape index (κ3) is 6.38. The van der Waals surface area contributed by atoms with Gasteiger partial charge in [-0.2, -0.15) is 0 Å². The number of rotatable bonds is 4. The molecule has 1 aromatic rings. The normalized spacial score (nSPS) is 19.8. The van der Waals surface area contributed by atoms with Gasteiger partial charge in [0.05, 0.1) is 13.2 Å². The summed E-state index contributed by atoms with van der Waals surface area (Å²) >= 11 is 0. The quantitative estimate of drug-likeness (QED) is 0.367. The van der Waals surface area contributed by atoms with E-state index in [1.165, 1.54) is 12.8 Å². The number of aliphatic imine (C=N–C) groups is 1. The van der Waals surface area contributed by atoms with Gasteiger partial charge < -0.3 is 25.0 Å². The molecule has 1 amide bonds. The number of halogens is 1. The highest BCUT2D eigenvalue weighted by atomic mass is 127. The highest BCUT2D eigenvalue weighted by Gasteiger charge is 2.23. The zero-order chi connectivity index (χ0) is 19.3. The number of anilines is 1. The lowest BCUT2D eigenvalue weighted by molar-refractivity contribution is -0.129. The smallest absolute Gasteiger partial charge is 0.219 e. The van der Waals surface area contributed by atoms with E-state index in [9.17, 15) is 4.79 Å². The Morgan fingerprint density at radius 3 is 2.55 bits per heavy atom. The van der Waals surface area contributed by atoms with Crippen molar-refractivity contribution in [3.63, 3.8) is 0 Å². The summed E-state index contributed by atoms with van der Waals surface area (Å²) in [6, 6.07) is 6.25. The number of fused-ring (bicyclic) bond motifs is 1. The molecule has 0 aromatic heterocycles. The van der Waals surface area contributed by atoms with Gasteiger partial charge in [-0.25, -0.2) is 0 Å². The van der Waals surface area contributed by atoms with Crippen LogP contribution >= 0.6 is 24.0 Å². The SMILES string of the molecule is CC(=O)N1CCC(NC(=NCC2CC2)Nc2ccc3c(c2)OCCCO3)CC1.I. The van der Waals surface area contributed by atoms with Gasteiger partial charge in [0.1, 0.15) is 0 Å². The molecular weight excluding hydrogens is 483 g/mol. The maximum atomic E-state index is 11.5. The van der Waals surface area contributed by atoms with E-state index in [2.05, 4.69) is 10.6 Å². The Hall–Kier alpha value is -1.71. The Labute approximate surface area is 189 Å². The summed E-state index contributed by atoms with van der Waals surface area (Å²) in [5, 5.41) is 7.01. The number of ether oxygens (including phenoxy) is 2. The first-order valence-corrected chi connectivity index (χ1v) is 10.4. The summed E-state index contributed by atoms with van der Waals surface area (Å²) in [5.74, 6) is 3.26. The summed E-state index contributed by atoms with van der Waals surface area (Å²) in [6.07, 6.45) is 5.32. The number of nitrogens with one attached hydrogen (secondary N) is 2. The number of hydrogen-bond donors (Lipinski definition) is 2. The molecule has 2 N–H and O–H groups in total. The summed E-state index contributed by atoms with van der Waals surface area (Å²) < 4.78 is 11.5. The van der Waals surface area contributed by atoms with Gasteiger partial charge in [0.2, 0.25) is 5.91 Å². The van der Waals surface area contributed by atoms with Gasteiger partial charge in [0.25, 0.3) is 0 Å². The van der Waals surface area contributed by atoms with Crippen molar-refractivity contribution in [1.29, 1.82) is 0 Å². The number of carbonyl (C=O) groups excluding carboxylic acids is 1. The fourth-order valence-electron chi connectivity index (χ4n) is 3.55. The molecule has 0 bridgehead atoms. The molecular formula is C21H31IN4O3. The van der Waals surface area contributed by atoms with Crippen LogP contribution < -0.4 is 20.1 Å². The third-order valence-electron chi connectivity index (χ3n) is 5.50. The second-order valence-corrected chi connectivity index (χ2v) is 7.89. The minimum Gasteiger partial charge on any atom is -0.490 e. The van der Waals surface area contributed by atoms with Crippen molar-refractivity contribution in [2.75, 3.05) is 38.2 Å². The van der Waals surface area contributed by atoms with Crippen LogP contribution in [0.4, 0.5) is 5.69 Å². The number of likely N-dealkylation sites (tertiary alicyclic amines) is 1. The lowest BCUT2D eigenvalue weighted by Crippen LogP contribution is -2.47. The average Bonchev–Trinajstić information content (AvgIpc) is 3.53. The molecule has 2 heterocycles. The molecule has 1 saturated heterocycles. The first kappa shape index (κ1) is 22.0.